The molecule has 0 aliphatic heterocycles. The second kappa shape index (κ2) is 6.65. The van der Waals surface area contributed by atoms with E-state index in [-0.39, 0.29) is 22.5 Å². The van der Waals surface area contributed by atoms with Crippen LogP contribution in [-0.2, 0) is 6.61 Å². The summed E-state index contributed by atoms with van der Waals surface area (Å²) in [6.45, 7) is 0.165. The lowest BCUT2D eigenvalue weighted by Crippen LogP contribution is -2.13. The first kappa shape index (κ1) is 15.4. The first-order valence-electron chi connectivity index (χ1n) is 5.85. The number of rotatable bonds is 4. The van der Waals surface area contributed by atoms with Crippen LogP contribution >= 0.6 is 23.2 Å². The second-order valence-corrected chi connectivity index (χ2v) is 4.97. The third kappa shape index (κ3) is 3.77. The van der Waals surface area contributed by atoms with Crippen LogP contribution in [0, 0.1) is 5.82 Å². The first-order chi connectivity index (χ1) is 10.0. The molecule has 0 atom stereocenters. The zero-order valence-electron chi connectivity index (χ0n) is 10.7. The highest BCUT2D eigenvalue weighted by Gasteiger charge is 2.08. The molecule has 3 N–H and O–H groups in total. The van der Waals surface area contributed by atoms with Gasteiger partial charge < -0.3 is 15.7 Å². The van der Waals surface area contributed by atoms with Crippen LogP contribution in [0.25, 0.3) is 0 Å². The fraction of sp³-hybridized carbons (Fsp3) is 0.0714. The van der Waals surface area contributed by atoms with Crippen LogP contribution in [0.3, 0.4) is 0 Å². The molecule has 0 fully saturated rings. The SMILES string of the molecule is N/C(=N/O)c1ccc(OCc2ccc(F)cc2Cl)cc1Cl. The van der Waals surface area contributed by atoms with Crippen molar-refractivity contribution >= 4 is 29.0 Å². The maximum atomic E-state index is 12.9. The van der Waals surface area contributed by atoms with E-state index in [4.69, 9.17) is 38.9 Å². The molecule has 2 aromatic carbocycles. The van der Waals surface area contributed by atoms with Gasteiger partial charge in [-0.25, -0.2) is 4.39 Å². The van der Waals surface area contributed by atoms with Gasteiger partial charge in [-0.15, -0.1) is 0 Å². The van der Waals surface area contributed by atoms with Crippen molar-refractivity contribution in [3.05, 3.63) is 63.4 Å². The molecule has 0 radical (unpaired) electrons. The Labute approximate surface area is 130 Å². The summed E-state index contributed by atoms with van der Waals surface area (Å²) in [4.78, 5) is 0. The van der Waals surface area contributed by atoms with E-state index >= 15 is 0 Å². The molecule has 0 aromatic heterocycles. The van der Waals surface area contributed by atoms with Gasteiger partial charge >= 0.3 is 0 Å². The highest BCUT2D eigenvalue weighted by molar-refractivity contribution is 6.34. The zero-order chi connectivity index (χ0) is 15.4. The van der Waals surface area contributed by atoms with Crippen molar-refractivity contribution in [1.29, 1.82) is 0 Å². The molecule has 21 heavy (non-hydrogen) atoms. The monoisotopic (exact) mass is 328 g/mol. The summed E-state index contributed by atoms with van der Waals surface area (Å²) in [6, 6.07) is 8.79. The van der Waals surface area contributed by atoms with E-state index in [1.165, 1.54) is 18.2 Å². The van der Waals surface area contributed by atoms with Gasteiger partial charge in [-0.3, -0.25) is 0 Å². The number of halogens is 3. The molecule has 0 aliphatic rings. The molecule has 0 amide bonds. The maximum absolute atomic E-state index is 12.9. The minimum Gasteiger partial charge on any atom is -0.489 e. The molecule has 0 spiro atoms. The van der Waals surface area contributed by atoms with Crippen molar-refractivity contribution in [1.82, 2.24) is 0 Å². The summed E-state index contributed by atoms with van der Waals surface area (Å²) in [5.74, 6) is -0.0158. The highest BCUT2D eigenvalue weighted by atomic mass is 35.5. The number of amidine groups is 1. The van der Waals surface area contributed by atoms with Gasteiger partial charge in [0.15, 0.2) is 5.84 Å². The van der Waals surface area contributed by atoms with Gasteiger partial charge in [0.1, 0.15) is 18.2 Å². The van der Waals surface area contributed by atoms with E-state index in [9.17, 15) is 4.39 Å². The van der Waals surface area contributed by atoms with Crippen LogP contribution in [0.15, 0.2) is 41.6 Å². The van der Waals surface area contributed by atoms with Crippen LogP contribution < -0.4 is 10.5 Å². The lowest BCUT2D eigenvalue weighted by atomic mass is 10.2. The van der Waals surface area contributed by atoms with Gasteiger partial charge in [0, 0.05) is 11.1 Å². The lowest BCUT2D eigenvalue weighted by Gasteiger charge is -2.09. The number of hydrogen-bond acceptors (Lipinski definition) is 3. The van der Waals surface area contributed by atoms with E-state index in [0.717, 1.165) is 0 Å². The fourth-order valence-electron chi connectivity index (χ4n) is 1.65. The molecule has 0 saturated carbocycles. The third-order valence-electron chi connectivity index (χ3n) is 2.73. The van der Waals surface area contributed by atoms with Crippen LogP contribution in [0.1, 0.15) is 11.1 Å². The predicted octanol–water partition coefficient (Wildman–Crippen LogP) is 3.81. The maximum Gasteiger partial charge on any atom is 0.171 e. The molecule has 0 bridgehead atoms. The Balaban J connectivity index is 2.12. The molecular weight excluding hydrogens is 318 g/mol. The Hall–Kier alpha value is -1.98. The van der Waals surface area contributed by atoms with E-state index in [0.29, 0.717) is 16.9 Å². The van der Waals surface area contributed by atoms with Gasteiger partial charge in [-0.05, 0) is 30.3 Å². The molecule has 0 saturated heterocycles. The standard InChI is InChI=1S/C14H11Cl2FN2O2/c15-12-5-9(17)2-1-8(12)7-21-10-3-4-11(13(16)6-10)14(18)19-20/h1-6,20H,7H2,(H2,18,19). The molecule has 2 aromatic rings. The van der Waals surface area contributed by atoms with E-state index in [1.54, 1.807) is 18.2 Å². The van der Waals surface area contributed by atoms with Crippen molar-refractivity contribution in [2.45, 2.75) is 6.61 Å². The lowest BCUT2D eigenvalue weighted by molar-refractivity contribution is 0.306. The Kier molecular flexibility index (Phi) is 4.88. The number of ether oxygens (including phenoxy) is 1. The van der Waals surface area contributed by atoms with Crippen LogP contribution in [0.4, 0.5) is 4.39 Å². The number of oxime groups is 1. The van der Waals surface area contributed by atoms with Gasteiger partial charge in [-0.2, -0.15) is 0 Å². The predicted molar refractivity (Wildman–Crippen MR) is 79.7 cm³/mol. The summed E-state index contributed by atoms with van der Waals surface area (Å²) in [6.07, 6.45) is 0. The summed E-state index contributed by atoms with van der Waals surface area (Å²) < 4.78 is 18.5. The van der Waals surface area contributed by atoms with E-state index in [2.05, 4.69) is 5.16 Å². The van der Waals surface area contributed by atoms with Gasteiger partial charge in [0.25, 0.3) is 0 Å². The Bertz CT molecular complexity index is 693. The van der Waals surface area contributed by atoms with Crippen molar-refractivity contribution in [2.75, 3.05) is 0 Å². The van der Waals surface area contributed by atoms with E-state index < -0.39 is 5.82 Å². The fourth-order valence-corrected chi connectivity index (χ4v) is 2.14. The number of benzene rings is 2. The average molecular weight is 329 g/mol. The topological polar surface area (TPSA) is 67.8 Å². The zero-order valence-corrected chi connectivity index (χ0v) is 12.2. The van der Waals surface area contributed by atoms with Crippen molar-refractivity contribution < 1.29 is 14.3 Å². The summed E-state index contributed by atoms with van der Waals surface area (Å²) in [5, 5.41) is 12.1. The Morgan fingerprint density at radius 3 is 2.57 bits per heavy atom. The number of nitrogens with two attached hydrogens (primary N) is 1. The number of nitrogens with zero attached hydrogens (tertiary/aromatic N) is 1. The van der Waals surface area contributed by atoms with Crippen molar-refractivity contribution in [3.8, 4) is 5.75 Å². The van der Waals surface area contributed by atoms with Crippen molar-refractivity contribution in [3.63, 3.8) is 0 Å². The molecule has 2 rings (SSSR count). The summed E-state index contributed by atoms with van der Waals surface area (Å²) in [7, 11) is 0. The normalized spacial score (nSPS) is 11.5. The second-order valence-electron chi connectivity index (χ2n) is 4.15. The molecule has 7 heteroatoms. The minimum absolute atomic E-state index is 0.0897. The Morgan fingerprint density at radius 1 is 1.19 bits per heavy atom. The minimum atomic E-state index is -0.407. The smallest absolute Gasteiger partial charge is 0.171 e. The van der Waals surface area contributed by atoms with Crippen molar-refractivity contribution in [2.24, 2.45) is 10.9 Å². The molecule has 0 heterocycles. The van der Waals surface area contributed by atoms with Gasteiger partial charge in [0.2, 0.25) is 0 Å². The average Bonchev–Trinajstić information content (AvgIpc) is 2.45. The van der Waals surface area contributed by atoms with Gasteiger partial charge in [0.05, 0.1) is 10.0 Å². The van der Waals surface area contributed by atoms with Crippen LogP contribution in [0.5, 0.6) is 5.75 Å². The van der Waals surface area contributed by atoms with Gasteiger partial charge in [-0.1, -0.05) is 34.4 Å². The highest BCUT2D eigenvalue weighted by Crippen LogP contribution is 2.24. The third-order valence-corrected chi connectivity index (χ3v) is 3.40. The summed E-state index contributed by atoms with van der Waals surface area (Å²) in [5.41, 5.74) is 6.51. The molecule has 0 aliphatic carbocycles. The summed E-state index contributed by atoms with van der Waals surface area (Å²) >= 11 is 11.9. The largest absolute Gasteiger partial charge is 0.489 e. The van der Waals surface area contributed by atoms with E-state index in [1.807, 2.05) is 0 Å². The molecule has 110 valence electrons. The first-order valence-corrected chi connectivity index (χ1v) is 6.61. The molecule has 0 unspecified atom stereocenters. The van der Waals surface area contributed by atoms with Crippen LogP contribution in [0.2, 0.25) is 10.0 Å². The van der Waals surface area contributed by atoms with Crippen LogP contribution in [-0.4, -0.2) is 11.0 Å². The quantitative estimate of drug-likeness (QED) is 0.388. The molecule has 4 nitrogen and oxygen atoms in total. The molecular formula is C14H11Cl2FN2O2. The number of hydrogen-bond donors (Lipinski definition) is 2. The Morgan fingerprint density at radius 2 is 1.95 bits per heavy atom.